The molecule has 1 aliphatic carbocycles. The first-order chi connectivity index (χ1) is 12.8. The molecule has 148 valence electrons. The first kappa shape index (κ1) is 19.8. The Hall–Kier alpha value is -1.95. The largest absolute Gasteiger partial charge is 0.490 e. The normalized spacial score (nSPS) is 22.9. The Labute approximate surface area is 165 Å². The van der Waals surface area contributed by atoms with Crippen LogP contribution in [0.4, 0.5) is 4.79 Å². The predicted molar refractivity (Wildman–Crippen MR) is 104 cm³/mol. The van der Waals surface area contributed by atoms with Crippen molar-refractivity contribution in [3.8, 4) is 5.75 Å². The minimum absolute atomic E-state index is 0.121. The van der Waals surface area contributed by atoms with E-state index in [0.29, 0.717) is 41.3 Å². The highest BCUT2D eigenvalue weighted by molar-refractivity contribution is 6.34. The molecule has 27 heavy (non-hydrogen) atoms. The number of ether oxygens (including phenoxy) is 1. The van der Waals surface area contributed by atoms with Gasteiger partial charge in [0.1, 0.15) is 5.75 Å². The molecule has 7 heteroatoms. The maximum atomic E-state index is 12.0. The molecule has 1 aromatic carbocycles. The summed E-state index contributed by atoms with van der Waals surface area (Å²) in [5, 5.41) is 9.42. The third-order valence-electron chi connectivity index (χ3n) is 5.62. The highest BCUT2D eigenvalue weighted by Gasteiger charge is 2.34. The van der Waals surface area contributed by atoms with Crippen LogP contribution in [0.25, 0.3) is 0 Å². The SMILES string of the molecule is CN(C)C(=O)c1ccc(OC2CC(CC3CCN(C(=O)O)CC3)C2)cc1Cl. The van der Waals surface area contributed by atoms with Crippen LogP contribution in [0.3, 0.4) is 0 Å². The summed E-state index contributed by atoms with van der Waals surface area (Å²) in [5.74, 6) is 1.86. The number of halogens is 1. The molecule has 0 radical (unpaired) electrons. The molecule has 1 N–H and O–H groups in total. The molecule has 0 unspecified atom stereocenters. The molecule has 1 aromatic rings. The van der Waals surface area contributed by atoms with Crippen molar-refractivity contribution < 1.29 is 19.4 Å². The summed E-state index contributed by atoms with van der Waals surface area (Å²) in [6, 6.07) is 5.23. The van der Waals surface area contributed by atoms with Crippen LogP contribution >= 0.6 is 11.6 Å². The molecule has 0 spiro atoms. The molecule has 1 heterocycles. The average molecular weight is 395 g/mol. The van der Waals surface area contributed by atoms with E-state index in [9.17, 15) is 9.59 Å². The van der Waals surface area contributed by atoms with Crippen molar-refractivity contribution in [2.24, 2.45) is 11.8 Å². The van der Waals surface area contributed by atoms with Gasteiger partial charge in [0, 0.05) is 27.2 Å². The first-order valence-electron chi connectivity index (χ1n) is 9.49. The van der Waals surface area contributed by atoms with Crippen molar-refractivity contribution in [2.75, 3.05) is 27.2 Å². The van der Waals surface area contributed by atoms with E-state index in [1.165, 1.54) is 9.80 Å². The Kier molecular flexibility index (Phi) is 6.15. The van der Waals surface area contributed by atoms with Gasteiger partial charge < -0.3 is 19.6 Å². The average Bonchev–Trinajstić information content (AvgIpc) is 2.59. The molecule has 2 fully saturated rings. The number of hydrogen-bond donors (Lipinski definition) is 1. The number of hydrogen-bond acceptors (Lipinski definition) is 3. The fourth-order valence-corrected chi connectivity index (χ4v) is 4.22. The maximum Gasteiger partial charge on any atom is 0.407 e. The number of carbonyl (C=O) groups is 2. The first-order valence-corrected chi connectivity index (χ1v) is 9.87. The van der Waals surface area contributed by atoms with Crippen LogP contribution in [0.15, 0.2) is 18.2 Å². The van der Waals surface area contributed by atoms with Gasteiger partial charge in [-0.1, -0.05) is 11.6 Å². The molecule has 0 bridgehead atoms. The van der Waals surface area contributed by atoms with Crippen molar-refractivity contribution in [1.82, 2.24) is 9.80 Å². The number of carboxylic acid groups (broad SMARTS) is 1. The summed E-state index contributed by atoms with van der Waals surface area (Å²) < 4.78 is 6.00. The van der Waals surface area contributed by atoms with Crippen molar-refractivity contribution in [2.45, 2.75) is 38.2 Å². The van der Waals surface area contributed by atoms with Crippen LogP contribution < -0.4 is 4.74 Å². The third kappa shape index (κ3) is 4.86. The van der Waals surface area contributed by atoms with E-state index < -0.39 is 6.09 Å². The fourth-order valence-electron chi connectivity index (χ4n) is 3.97. The number of likely N-dealkylation sites (tertiary alicyclic amines) is 1. The molecular formula is C20H27ClN2O4. The molecular weight excluding hydrogens is 368 g/mol. The minimum Gasteiger partial charge on any atom is -0.490 e. The van der Waals surface area contributed by atoms with Crippen LogP contribution in [-0.4, -0.2) is 60.2 Å². The van der Waals surface area contributed by atoms with Gasteiger partial charge in [-0.2, -0.15) is 0 Å². The molecule has 2 amide bonds. The number of benzene rings is 1. The fraction of sp³-hybridized carbons (Fsp3) is 0.600. The van der Waals surface area contributed by atoms with Gasteiger partial charge in [-0.25, -0.2) is 4.79 Å². The lowest BCUT2D eigenvalue weighted by atomic mass is 9.74. The van der Waals surface area contributed by atoms with Crippen molar-refractivity contribution >= 4 is 23.6 Å². The number of rotatable bonds is 5. The second kappa shape index (κ2) is 8.38. The van der Waals surface area contributed by atoms with E-state index in [2.05, 4.69) is 0 Å². The van der Waals surface area contributed by atoms with Crippen LogP contribution in [0, 0.1) is 11.8 Å². The molecule has 2 aliphatic rings. The zero-order valence-corrected chi connectivity index (χ0v) is 16.6. The smallest absolute Gasteiger partial charge is 0.407 e. The van der Waals surface area contributed by atoms with E-state index in [4.69, 9.17) is 21.4 Å². The van der Waals surface area contributed by atoms with Gasteiger partial charge in [0.2, 0.25) is 0 Å². The van der Waals surface area contributed by atoms with Gasteiger partial charge in [-0.3, -0.25) is 4.79 Å². The quantitative estimate of drug-likeness (QED) is 0.820. The maximum absolute atomic E-state index is 12.0. The molecule has 1 aliphatic heterocycles. The lowest BCUT2D eigenvalue weighted by Gasteiger charge is -2.39. The van der Waals surface area contributed by atoms with Gasteiger partial charge in [0.05, 0.1) is 16.7 Å². The second-order valence-electron chi connectivity index (χ2n) is 7.87. The third-order valence-corrected chi connectivity index (χ3v) is 5.94. The highest BCUT2D eigenvalue weighted by Crippen LogP contribution is 2.38. The summed E-state index contributed by atoms with van der Waals surface area (Å²) in [6.45, 7) is 1.31. The Morgan fingerprint density at radius 1 is 1.22 bits per heavy atom. The summed E-state index contributed by atoms with van der Waals surface area (Å²) in [7, 11) is 3.40. The second-order valence-corrected chi connectivity index (χ2v) is 8.27. The number of piperidine rings is 1. The van der Waals surface area contributed by atoms with E-state index >= 15 is 0 Å². The van der Waals surface area contributed by atoms with Crippen LogP contribution in [-0.2, 0) is 0 Å². The van der Waals surface area contributed by atoms with E-state index in [-0.39, 0.29) is 12.0 Å². The van der Waals surface area contributed by atoms with Gasteiger partial charge in [-0.05, 0) is 62.1 Å². The van der Waals surface area contributed by atoms with Gasteiger partial charge >= 0.3 is 6.09 Å². The lowest BCUT2D eigenvalue weighted by Crippen LogP contribution is -2.40. The number of nitrogens with zero attached hydrogens (tertiary/aromatic N) is 2. The van der Waals surface area contributed by atoms with Crippen LogP contribution in [0.1, 0.15) is 42.5 Å². The molecule has 1 saturated heterocycles. The zero-order chi connectivity index (χ0) is 19.6. The summed E-state index contributed by atoms with van der Waals surface area (Å²) in [4.78, 5) is 26.0. The van der Waals surface area contributed by atoms with Crippen molar-refractivity contribution in [3.05, 3.63) is 28.8 Å². The molecule has 0 aromatic heterocycles. The van der Waals surface area contributed by atoms with Crippen molar-refractivity contribution in [1.29, 1.82) is 0 Å². The molecule has 0 atom stereocenters. The highest BCUT2D eigenvalue weighted by atomic mass is 35.5. The van der Waals surface area contributed by atoms with Gasteiger partial charge in [-0.15, -0.1) is 0 Å². The Morgan fingerprint density at radius 3 is 2.44 bits per heavy atom. The summed E-state index contributed by atoms with van der Waals surface area (Å²) >= 11 is 6.23. The van der Waals surface area contributed by atoms with Crippen molar-refractivity contribution in [3.63, 3.8) is 0 Å². The van der Waals surface area contributed by atoms with Crippen LogP contribution in [0.5, 0.6) is 5.75 Å². The summed E-state index contributed by atoms with van der Waals surface area (Å²) in [5.41, 5.74) is 0.480. The molecule has 3 rings (SSSR count). The lowest BCUT2D eigenvalue weighted by molar-refractivity contribution is 0.0439. The monoisotopic (exact) mass is 394 g/mol. The number of carbonyl (C=O) groups excluding carboxylic acids is 1. The van der Waals surface area contributed by atoms with Gasteiger partial charge in [0.25, 0.3) is 5.91 Å². The Bertz CT molecular complexity index is 695. The number of amides is 2. The predicted octanol–water partition coefficient (Wildman–Crippen LogP) is 3.98. The van der Waals surface area contributed by atoms with E-state index in [0.717, 1.165) is 32.1 Å². The Balaban J connectivity index is 1.42. The Morgan fingerprint density at radius 2 is 1.89 bits per heavy atom. The minimum atomic E-state index is -0.803. The van der Waals surface area contributed by atoms with Crippen LogP contribution in [0.2, 0.25) is 5.02 Å². The standard InChI is InChI=1S/C20H27ClN2O4/c1-22(2)19(24)17-4-3-15(12-18(17)21)27-16-10-14(11-16)9-13-5-7-23(8-6-13)20(25)26/h3-4,12-14,16H,5-11H2,1-2H3,(H,25,26). The topological polar surface area (TPSA) is 70.1 Å². The molecule has 6 nitrogen and oxygen atoms in total. The van der Waals surface area contributed by atoms with E-state index in [1.54, 1.807) is 32.3 Å². The zero-order valence-electron chi connectivity index (χ0n) is 15.9. The van der Waals surface area contributed by atoms with Gasteiger partial charge in [0.15, 0.2) is 0 Å². The summed E-state index contributed by atoms with van der Waals surface area (Å²) in [6.07, 6.45) is 4.52. The molecule has 1 saturated carbocycles. The van der Waals surface area contributed by atoms with E-state index in [1.807, 2.05) is 0 Å².